The van der Waals surface area contributed by atoms with Crippen molar-refractivity contribution in [3.63, 3.8) is 0 Å². The molecule has 1 aliphatic rings. The lowest BCUT2D eigenvalue weighted by Crippen LogP contribution is -2.12. The van der Waals surface area contributed by atoms with Gasteiger partial charge in [0, 0.05) is 23.2 Å². The molecule has 0 bridgehead atoms. The molecule has 4 heteroatoms. The number of halogens is 1. The van der Waals surface area contributed by atoms with Crippen molar-refractivity contribution < 1.29 is 4.79 Å². The lowest BCUT2D eigenvalue weighted by atomic mass is 9.95. The Morgan fingerprint density at radius 1 is 1.33 bits per heavy atom. The maximum Gasteiger partial charge on any atom is 0.150 e. The van der Waals surface area contributed by atoms with Gasteiger partial charge in [-0.15, -0.1) is 0 Å². The van der Waals surface area contributed by atoms with Gasteiger partial charge in [0.1, 0.15) is 10.8 Å². The molecule has 0 saturated heterocycles. The number of fused-ring (bicyclic) bond motifs is 1. The van der Waals surface area contributed by atoms with E-state index in [2.05, 4.69) is 9.55 Å². The molecule has 0 aromatic carbocycles. The van der Waals surface area contributed by atoms with Gasteiger partial charge in [-0.05, 0) is 25.0 Å². The molecule has 0 N–H and O–H groups in total. The van der Waals surface area contributed by atoms with Crippen LogP contribution in [-0.2, 0) is 0 Å². The Labute approximate surface area is 111 Å². The molecule has 94 valence electrons. The number of nitrogens with zero attached hydrogens (tertiary/aromatic N) is 2. The largest absolute Gasteiger partial charge is 0.329 e. The standard InChI is InChI=1S/C14H15ClN2O/c15-13-8-10(9-18)12-6-7-17(14(12)16-13)11-4-2-1-3-5-11/h6-9,11H,1-5H2. The van der Waals surface area contributed by atoms with Crippen molar-refractivity contribution in [3.8, 4) is 0 Å². The Morgan fingerprint density at radius 2 is 2.11 bits per heavy atom. The maximum atomic E-state index is 11.1. The van der Waals surface area contributed by atoms with Gasteiger partial charge in [-0.25, -0.2) is 4.98 Å². The molecular weight excluding hydrogens is 248 g/mol. The highest BCUT2D eigenvalue weighted by Crippen LogP contribution is 2.32. The van der Waals surface area contributed by atoms with Crippen LogP contribution in [0.2, 0.25) is 5.15 Å². The van der Waals surface area contributed by atoms with Gasteiger partial charge in [-0.3, -0.25) is 4.79 Å². The molecule has 1 fully saturated rings. The molecule has 3 rings (SSSR count). The van der Waals surface area contributed by atoms with Gasteiger partial charge in [0.25, 0.3) is 0 Å². The molecule has 1 saturated carbocycles. The van der Waals surface area contributed by atoms with Gasteiger partial charge < -0.3 is 4.57 Å². The third kappa shape index (κ3) is 1.93. The number of aromatic nitrogens is 2. The molecule has 3 nitrogen and oxygen atoms in total. The molecule has 0 radical (unpaired) electrons. The Bertz CT molecular complexity index is 585. The van der Waals surface area contributed by atoms with E-state index in [9.17, 15) is 4.79 Å². The predicted molar refractivity (Wildman–Crippen MR) is 72.3 cm³/mol. The molecule has 0 amide bonds. The van der Waals surface area contributed by atoms with Gasteiger partial charge in [-0.2, -0.15) is 0 Å². The first kappa shape index (κ1) is 11.7. The number of hydrogen-bond donors (Lipinski definition) is 0. The summed E-state index contributed by atoms with van der Waals surface area (Å²) in [6.45, 7) is 0. The third-order valence-corrected chi connectivity index (χ3v) is 3.97. The zero-order valence-corrected chi connectivity index (χ0v) is 10.9. The Morgan fingerprint density at radius 3 is 2.83 bits per heavy atom. The van der Waals surface area contributed by atoms with Gasteiger partial charge >= 0.3 is 0 Å². The van der Waals surface area contributed by atoms with Gasteiger partial charge in [0.15, 0.2) is 6.29 Å². The number of pyridine rings is 1. The van der Waals surface area contributed by atoms with Crippen LogP contribution in [0.15, 0.2) is 18.3 Å². The van der Waals surface area contributed by atoms with E-state index < -0.39 is 0 Å². The number of rotatable bonds is 2. The SMILES string of the molecule is O=Cc1cc(Cl)nc2c1ccn2C1CCCCC1. The van der Waals surface area contributed by atoms with E-state index in [-0.39, 0.29) is 0 Å². The van der Waals surface area contributed by atoms with Crippen LogP contribution < -0.4 is 0 Å². The second-order valence-electron chi connectivity index (χ2n) is 4.90. The monoisotopic (exact) mass is 262 g/mol. The first-order valence-electron chi connectivity index (χ1n) is 6.42. The minimum absolute atomic E-state index is 0.389. The molecule has 0 atom stereocenters. The van der Waals surface area contributed by atoms with Crippen molar-refractivity contribution in [1.82, 2.24) is 9.55 Å². The summed E-state index contributed by atoms with van der Waals surface area (Å²) in [6, 6.07) is 4.10. The Balaban J connectivity index is 2.12. The number of carbonyl (C=O) groups is 1. The predicted octanol–water partition coefficient (Wildman–Crippen LogP) is 4.01. The lowest BCUT2D eigenvalue weighted by molar-refractivity contribution is 0.112. The average molecular weight is 263 g/mol. The summed E-state index contributed by atoms with van der Waals surface area (Å²) in [4.78, 5) is 15.5. The third-order valence-electron chi connectivity index (χ3n) is 3.78. The maximum absolute atomic E-state index is 11.1. The van der Waals surface area contributed by atoms with Crippen LogP contribution in [0.5, 0.6) is 0 Å². The van der Waals surface area contributed by atoms with Crippen LogP contribution in [0.3, 0.4) is 0 Å². The molecule has 2 heterocycles. The summed E-state index contributed by atoms with van der Waals surface area (Å²) in [5.41, 5.74) is 1.47. The molecule has 18 heavy (non-hydrogen) atoms. The Hall–Kier alpha value is -1.35. The minimum Gasteiger partial charge on any atom is -0.329 e. The van der Waals surface area contributed by atoms with Crippen LogP contribution in [-0.4, -0.2) is 15.8 Å². The van der Waals surface area contributed by atoms with Gasteiger partial charge in [-0.1, -0.05) is 30.9 Å². The van der Waals surface area contributed by atoms with E-state index >= 15 is 0 Å². The minimum atomic E-state index is 0.389. The van der Waals surface area contributed by atoms with Crippen LogP contribution in [0.25, 0.3) is 11.0 Å². The van der Waals surface area contributed by atoms with E-state index in [0.29, 0.717) is 16.8 Å². The highest BCUT2D eigenvalue weighted by Gasteiger charge is 2.18. The normalized spacial score (nSPS) is 17.2. The summed E-state index contributed by atoms with van der Waals surface area (Å²) >= 11 is 5.99. The summed E-state index contributed by atoms with van der Waals surface area (Å²) < 4.78 is 2.19. The van der Waals surface area contributed by atoms with E-state index in [1.54, 1.807) is 6.07 Å². The topological polar surface area (TPSA) is 34.9 Å². The number of carbonyl (C=O) groups excluding carboxylic acids is 1. The smallest absolute Gasteiger partial charge is 0.150 e. The van der Waals surface area contributed by atoms with Crippen LogP contribution in [0.1, 0.15) is 48.5 Å². The van der Waals surface area contributed by atoms with Crippen LogP contribution in [0.4, 0.5) is 0 Å². The second-order valence-corrected chi connectivity index (χ2v) is 5.29. The number of aldehydes is 1. The van der Waals surface area contributed by atoms with E-state index in [4.69, 9.17) is 11.6 Å². The quantitative estimate of drug-likeness (QED) is 0.605. The van der Waals surface area contributed by atoms with Crippen molar-refractivity contribution in [3.05, 3.63) is 29.0 Å². The molecule has 2 aromatic heterocycles. The fourth-order valence-electron chi connectivity index (χ4n) is 2.87. The average Bonchev–Trinajstić information content (AvgIpc) is 2.82. The molecular formula is C14H15ClN2O. The van der Waals surface area contributed by atoms with E-state index in [0.717, 1.165) is 17.3 Å². The highest BCUT2D eigenvalue weighted by atomic mass is 35.5. The summed E-state index contributed by atoms with van der Waals surface area (Å²) in [5, 5.41) is 1.29. The number of hydrogen-bond acceptors (Lipinski definition) is 2. The fraction of sp³-hybridized carbons (Fsp3) is 0.429. The van der Waals surface area contributed by atoms with E-state index in [1.807, 2.05) is 12.3 Å². The Kier molecular flexibility index (Phi) is 3.08. The van der Waals surface area contributed by atoms with E-state index in [1.165, 1.54) is 32.1 Å². The zero-order chi connectivity index (χ0) is 12.5. The molecule has 2 aromatic rings. The zero-order valence-electron chi connectivity index (χ0n) is 10.1. The van der Waals surface area contributed by atoms with Crippen molar-refractivity contribution in [2.45, 2.75) is 38.1 Å². The molecule has 0 unspecified atom stereocenters. The lowest BCUT2D eigenvalue weighted by Gasteiger charge is -2.23. The summed E-state index contributed by atoms with van der Waals surface area (Å²) in [7, 11) is 0. The van der Waals surface area contributed by atoms with Crippen molar-refractivity contribution in [2.24, 2.45) is 0 Å². The first-order chi connectivity index (χ1) is 8.79. The second kappa shape index (κ2) is 4.73. The van der Waals surface area contributed by atoms with Crippen molar-refractivity contribution in [1.29, 1.82) is 0 Å². The fourth-order valence-corrected chi connectivity index (χ4v) is 3.07. The summed E-state index contributed by atoms with van der Waals surface area (Å²) in [5.74, 6) is 0. The molecule has 1 aliphatic carbocycles. The van der Waals surface area contributed by atoms with Gasteiger partial charge in [0.2, 0.25) is 0 Å². The highest BCUT2D eigenvalue weighted by molar-refractivity contribution is 6.30. The van der Waals surface area contributed by atoms with Crippen molar-refractivity contribution in [2.75, 3.05) is 0 Å². The van der Waals surface area contributed by atoms with Crippen molar-refractivity contribution >= 4 is 28.9 Å². The van der Waals surface area contributed by atoms with Gasteiger partial charge in [0.05, 0.1) is 0 Å². The van der Waals surface area contributed by atoms with Crippen LogP contribution >= 0.6 is 11.6 Å². The molecule has 0 spiro atoms. The summed E-state index contributed by atoms with van der Waals surface area (Å²) in [6.07, 6.45) is 9.13. The molecule has 0 aliphatic heterocycles. The first-order valence-corrected chi connectivity index (χ1v) is 6.79. The van der Waals surface area contributed by atoms with Crippen LogP contribution in [0, 0.1) is 0 Å².